The van der Waals surface area contributed by atoms with Crippen molar-refractivity contribution in [2.75, 3.05) is 0 Å². The zero-order valence-corrected chi connectivity index (χ0v) is 11.0. The zero-order chi connectivity index (χ0) is 11.0. The average molecular weight is 198 g/mol. The summed E-state index contributed by atoms with van der Waals surface area (Å²) in [5, 5.41) is 0. The van der Waals surface area contributed by atoms with Crippen LogP contribution in [-0.2, 0) is 0 Å². The third kappa shape index (κ3) is 6.45. The van der Waals surface area contributed by atoms with Gasteiger partial charge >= 0.3 is 0 Å². The second kappa shape index (κ2) is 8.32. The lowest BCUT2D eigenvalue weighted by molar-refractivity contribution is 0.309. The van der Waals surface area contributed by atoms with Crippen LogP contribution in [0, 0.1) is 17.8 Å². The van der Waals surface area contributed by atoms with Crippen molar-refractivity contribution in [1.29, 1.82) is 0 Å². The predicted octanol–water partition coefficient (Wildman–Crippen LogP) is 5.28. The molecule has 0 amide bonds. The van der Waals surface area contributed by atoms with Gasteiger partial charge in [-0.05, 0) is 17.8 Å². The highest BCUT2D eigenvalue weighted by atomic mass is 14.2. The molecule has 86 valence electrons. The van der Waals surface area contributed by atoms with Gasteiger partial charge in [-0.2, -0.15) is 0 Å². The molecule has 0 aliphatic carbocycles. The minimum Gasteiger partial charge on any atom is -0.0654 e. The summed E-state index contributed by atoms with van der Waals surface area (Å²) in [6.07, 6.45) is 8.37. The lowest BCUT2D eigenvalue weighted by Crippen LogP contribution is -2.09. The first-order valence-electron chi connectivity index (χ1n) is 6.61. The molecule has 0 nitrogen and oxygen atoms in total. The third-order valence-corrected chi connectivity index (χ3v) is 3.61. The van der Waals surface area contributed by atoms with Gasteiger partial charge in [0.05, 0.1) is 0 Å². The molecule has 0 aliphatic heterocycles. The van der Waals surface area contributed by atoms with Crippen molar-refractivity contribution in [2.24, 2.45) is 17.8 Å². The fraction of sp³-hybridized carbons (Fsp3) is 1.00. The van der Waals surface area contributed by atoms with Crippen molar-refractivity contribution in [1.82, 2.24) is 0 Å². The molecule has 0 bridgehead atoms. The summed E-state index contributed by atoms with van der Waals surface area (Å²) in [5.74, 6) is 2.79. The summed E-state index contributed by atoms with van der Waals surface area (Å²) in [4.78, 5) is 0. The SMILES string of the molecule is CCCC(C)CCC(C)C(C)CCC. The summed E-state index contributed by atoms with van der Waals surface area (Å²) in [7, 11) is 0. The predicted molar refractivity (Wildman–Crippen MR) is 66.5 cm³/mol. The van der Waals surface area contributed by atoms with Gasteiger partial charge in [0, 0.05) is 0 Å². The monoisotopic (exact) mass is 198 g/mol. The first-order chi connectivity index (χ1) is 6.61. The second-order valence-electron chi connectivity index (χ2n) is 5.21. The van der Waals surface area contributed by atoms with E-state index in [0.29, 0.717) is 0 Å². The summed E-state index contributed by atoms with van der Waals surface area (Å²) in [6.45, 7) is 11.8. The molecule has 0 heteroatoms. The van der Waals surface area contributed by atoms with Gasteiger partial charge in [0.15, 0.2) is 0 Å². The van der Waals surface area contributed by atoms with Crippen LogP contribution in [-0.4, -0.2) is 0 Å². The molecule has 0 fully saturated rings. The summed E-state index contributed by atoms with van der Waals surface area (Å²) >= 11 is 0. The van der Waals surface area contributed by atoms with Crippen LogP contribution in [0.15, 0.2) is 0 Å². The summed E-state index contributed by atoms with van der Waals surface area (Å²) in [6, 6.07) is 0. The van der Waals surface area contributed by atoms with E-state index in [0.717, 1.165) is 17.8 Å². The number of hydrogen-bond donors (Lipinski definition) is 0. The first-order valence-corrected chi connectivity index (χ1v) is 6.61. The highest BCUT2D eigenvalue weighted by molar-refractivity contribution is 4.63. The van der Waals surface area contributed by atoms with E-state index in [2.05, 4.69) is 34.6 Å². The Morgan fingerprint density at radius 1 is 0.643 bits per heavy atom. The lowest BCUT2D eigenvalue weighted by atomic mass is 9.85. The van der Waals surface area contributed by atoms with E-state index in [-0.39, 0.29) is 0 Å². The smallest absolute Gasteiger partial charge is 0.0417 e. The van der Waals surface area contributed by atoms with Crippen LogP contribution >= 0.6 is 0 Å². The van der Waals surface area contributed by atoms with Crippen molar-refractivity contribution in [2.45, 2.75) is 73.1 Å². The van der Waals surface area contributed by atoms with Gasteiger partial charge in [-0.3, -0.25) is 0 Å². The number of rotatable bonds is 8. The Kier molecular flexibility index (Phi) is 8.32. The van der Waals surface area contributed by atoms with E-state index < -0.39 is 0 Å². The quantitative estimate of drug-likeness (QED) is 0.498. The van der Waals surface area contributed by atoms with E-state index in [1.807, 2.05) is 0 Å². The molecule has 0 heterocycles. The van der Waals surface area contributed by atoms with E-state index in [9.17, 15) is 0 Å². The van der Waals surface area contributed by atoms with E-state index in [4.69, 9.17) is 0 Å². The van der Waals surface area contributed by atoms with Crippen molar-refractivity contribution >= 4 is 0 Å². The molecule has 0 N–H and O–H groups in total. The number of hydrogen-bond acceptors (Lipinski definition) is 0. The van der Waals surface area contributed by atoms with Crippen LogP contribution in [0.3, 0.4) is 0 Å². The van der Waals surface area contributed by atoms with Crippen molar-refractivity contribution < 1.29 is 0 Å². The Morgan fingerprint density at radius 2 is 1.14 bits per heavy atom. The molecule has 0 rings (SSSR count). The molecule has 0 aromatic rings. The van der Waals surface area contributed by atoms with E-state index >= 15 is 0 Å². The molecule has 0 saturated carbocycles. The van der Waals surface area contributed by atoms with Gasteiger partial charge in [0.25, 0.3) is 0 Å². The van der Waals surface area contributed by atoms with Gasteiger partial charge in [-0.25, -0.2) is 0 Å². The van der Waals surface area contributed by atoms with Crippen molar-refractivity contribution in [3.8, 4) is 0 Å². The molecule has 3 atom stereocenters. The molecular weight excluding hydrogens is 168 g/mol. The van der Waals surface area contributed by atoms with Gasteiger partial charge in [0.1, 0.15) is 0 Å². The Labute approximate surface area is 91.5 Å². The molecule has 0 aromatic heterocycles. The normalized spacial score (nSPS) is 17.8. The summed E-state index contributed by atoms with van der Waals surface area (Å²) in [5.41, 5.74) is 0. The maximum Gasteiger partial charge on any atom is -0.0417 e. The minimum absolute atomic E-state index is 0.925. The Hall–Kier alpha value is 0. The van der Waals surface area contributed by atoms with Crippen LogP contribution in [0.2, 0.25) is 0 Å². The Bertz CT molecular complexity index is 117. The fourth-order valence-corrected chi connectivity index (χ4v) is 2.21. The van der Waals surface area contributed by atoms with Crippen molar-refractivity contribution in [3.63, 3.8) is 0 Å². The largest absolute Gasteiger partial charge is 0.0654 e. The molecule has 0 saturated heterocycles. The maximum atomic E-state index is 2.43. The fourth-order valence-electron chi connectivity index (χ4n) is 2.21. The topological polar surface area (TPSA) is 0 Å². The van der Waals surface area contributed by atoms with Crippen molar-refractivity contribution in [3.05, 3.63) is 0 Å². The first kappa shape index (κ1) is 14.0. The molecule has 0 radical (unpaired) electrons. The zero-order valence-electron chi connectivity index (χ0n) is 11.0. The highest BCUT2D eigenvalue weighted by Gasteiger charge is 2.12. The van der Waals surface area contributed by atoms with Crippen LogP contribution in [0.25, 0.3) is 0 Å². The Balaban J connectivity index is 3.56. The van der Waals surface area contributed by atoms with E-state index in [1.165, 1.54) is 38.5 Å². The molecule has 0 spiro atoms. The van der Waals surface area contributed by atoms with Gasteiger partial charge in [-0.1, -0.05) is 73.1 Å². The molecule has 14 heavy (non-hydrogen) atoms. The van der Waals surface area contributed by atoms with Crippen LogP contribution in [0.1, 0.15) is 73.1 Å². The lowest BCUT2D eigenvalue weighted by Gasteiger charge is -2.21. The molecule has 3 unspecified atom stereocenters. The van der Waals surface area contributed by atoms with Gasteiger partial charge < -0.3 is 0 Å². The minimum atomic E-state index is 0.925. The molecular formula is C14H30. The molecule has 0 aliphatic rings. The van der Waals surface area contributed by atoms with Gasteiger partial charge in [0.2, 0.25) is 0 Å². The standard InChI is InChI=1S/C14H30/c1-6-8-12(3)10-11-14(5)13(4)9-7-2/h12-14H,6-11H2,1-5H3. The Morgan fingerprint density at radius 3 is 1.64 bits per heavy atom. The van der Waals surface area contributed by atoms with E-state index in [1.54, 1.807) is 0 Å². The van der Waals surface area contributed by atoms with Crippen LogP contribution in [0.5, 0.6) is 0 Å². The maximum absolute atomic E-state index is 2.43. The highest BCUT2D eigenvalue weighted by Crippen LogP contribution is 2.24. The second-order valence-corrected chi connectivity index (χ2v) is 5.21. The average Bonchev–Trinajstić information content (AvgIpc) is 2.15. The van der Waals surface area contributed by atoms with Gasteiger partial charge in [-0.15, -0.1) is 0 Å². The van der Waals surface area contributed by atoms with Crippen LogP contribution < -0.4 is 0 Å². The summed E-state index contributed by atoms with van der Waals surface area (Å²) < 4.78 is 0. The molecule has 0 aromatic carbocycles. The van der Waals surface area contributed by atoms with Crippen LogP contribution in [0.4, 0.5) is 0 Å². The third-order valence-electron chi connectivity index (χ3n) is 3.61.